The summed E-state index contributed by atoms with van der Waals surface area (Å²) < 4.78 is 11.6. The first-order valence-electron chi connectivity index (χ1n) is 13.0. The molecule has 1 fully saturated rings. The van der Waals surface area contributed by atoms with Crippen LogP contribution in [0.1, 0.15) is 39.6 Å². The highest BCUT2D eigenvalue weighted by molar-refractivity contribution is 6.30. The molecule has 38 heavy (non-hydrogen) atoms. The fourth-order valence-corrected chi connectivity index (χ4v) is 4.74. The average molecular weight is 539 g/mol. The van der Waals surface area contributed by atoms with E-state index in [2.05, 4.69) is 9.80 Å². The molecular weight excluding hydrogens is 504 g/mol. The van der Waals surface area contributed by atoms with Crippen LogP contribution in [0.4, 0.5) is 5.69 Å². The molecule has 4 rings (SSSR count). The van der Waals surface area contributed by atoms with Crippen molar-refractivity contribution < 1.29 is 19.1 Å². The molecule has 202 valence electrons. The number of esters is 1. The van der Waals surface area contributed by atoms with Crippen molar-refractivity contribution in [1.29, 1.82) is 0 Å². The molecule has 2 aromatic carbocycles. The Morgan fingerprint density at radius 3 is 2.42 bits per heavy atom. The molecular formula is C29H35ClN4O4. The lowest BCUT2D eigenvalue weighted by Gasteiger charge is -2.37. The molecule has 0 unspecified atom stereocenters. The standard InChI is InChI=1S/C29H35ClN4O4/c1-5-37-29(36)25-26(33-14-16-34(17-15-33)28(35)21-8-10-22(30)11-9-21)23-19-20(2)7-12-24(23)31-27(25)38-18-6-13-32(3)4/h7-12,19H,5-6,13-18H2,1-4H3. The molecule has 3 aromatic rings. The SMILES string of the molecule is CCOC(=O)c1c(OCCCN(C)C)nc2ccc(C)cc2c1N1CCN(C(=O)c2ccc(Cl)cc2)CC1. The summed E-state index contributed by atoms with van der Waals surface area (Å²) in [6, 6.07) is 12.9. The number of ether oxygens (including phenoxy) is 2. The van der Waals surface area contributed by atoms with E-state index < -0.39 is 5.97 Å². The van der Waals surface area contributed by atoms with Crippen LogP contribution in [0.15, 0.2) is 42.5 Å². The molecule has 1 aromatic heterocycles. The minimum atomic E-state index is -0.458. The van der Waals surface area contributed by atoms with Crippen LogP contribution in [0.25, 0.3) is 10.9 Å². The second-order valence-corrected chi connectivity index (χ2v) is 10.1. The number of fused-ring (bicyclic) bond motifs is 1. The summed E-state index contributed by atoms with van der Waals surface area (Å²) in [5, 5.41) is 1.46. The molecule has 0 saturated carbocycles. The zero-order chi connectivity index (χ0) is 27.2. The van der Waals surface area contributed by atoms with Gasteiger partial charge in [0.15, 0.2) is 0 Å². The van der Waals surface area contributed by atoms with Crippen LogP contribution in [0, 0.1) is 6.92 Å². The normalized spacial score (nSPS) is 13.7. The van der Waals surface area contributed by atoms with E-state index in [0.29, 0.717) is 48.9 Å². The molecule has 0 spiro atoms. The van der Waals surface area contributed by atoms with Crippen LogP contribution >= 0.6 is 11.6 Å². The van der Waals surface area contributed by atoms with Crippen molar-refractivity contribution >= 4 is 40.1 Å². The highest BCUT2D eigenvalue weighted by Gasteiger charge is 2.30. The van der Waals surface area contributed by atoms with Gasteiger partial charge in [0.25, 0.3) is 5.91 Å². The summed E-state index contributed by atoms with van der Waals surface area (Å²) in [6.45, 7) is 7.47. The fourth-order valence-electron chi connectivity index (χ4n) is 4.62. The Labute approximate surface area is 229 Å². The number of halogens is 1. The predicted molar refractivity (Wildman–Crippen MR) is 151 cm³/mol. The first kappa shape index (κ1) is 27.7. The summed E-state index contributed by atoms with van der Waals surface area (Å²) in [5.74, 6) is -0.207. The number of amides is 1. The minimum Gasteiger partial charge on any atom is -0.477 e. The molecule has 0 bridgehead atoms. The molecule has 0 radical (unpaired) electrons. The number of benzene rings is 2. The number of rotatable bonds is 9. The predicted octanol–water partition coefficient (Wildman–Crippen LogP) is 4.67. The number of pyridine rings is 1. The van der Waals surface area contributed by atoms with Crippen molar-refractivity contribution in [3.63, 3.8) is 0 Å². The molecule has 1 aliphatic heterocycles. The number of hydrogen-bond acceptors (Lipinski definition) is 7. The Balaban J connectivity index is 1.67. The number of anilines is 1. The van der Waals surface area contributed by atoms with Gasteiger partial charge in [-0.1, -0.05) is 23.2 Å². The Hall–Kier alpha value is -3.36. The van der Waals surface area contributed by atoms with Gasteiger partial charge in [0.05, 0.1) is 24.4 Å². The summed E-state index contributed by atoms with van der Waals surface area (Å²) >= 11 is 5.99. The van der Waals surface area contributed by atoms with Crippen molar-refractivity contribution in [2.45, 2.75) is 20.3 Å². The minimum absolute atomic E-state index is 0.0349. The van der Waals surface area contributed by atoms with E-state index >= 15 is 0 Å². The lowest BCUT2D eigenvalue weighted by atomic mass is 10.0. The maximum Gasteiger partial charge on any atom is 0.345 e. The van der Waals surface area contributed by atoms with E-state index in [-0.39, 0.29) is 18.4 Å². The quantitative estimate of drug-likeness (QED) is 0.289. The number of nitrogens with zero attached hydrogens (tertiary/aromatic N) is 4. The van der Waals surface area contributed by atoms with Gasteiger partial charge in [0.1, 0.15) is 5.56 Å². The lowest BCUT2D eigenvalue weighted by Crippen LogP contribution is -2.49. The van der Waals surface area contributed by atoms with Crippen molar-refractivity contribution in [1.82, 2.24) is 14.8 Å². The summed E-state index contributed by atoms with van der Waals surface area (Å²) in [5.41, 5.74) is 3.51. The van der Waals surface area contributed by atoms with Crippen LogP contribution in [0.5, 0.6) is 5.88 Å². The second-order valence-electron chi connectivity index (χ2n) is 9.67. The van der Waals surface area contributed by atoms with Gasteiger partial charge >= 0.3 is 5.97 Å². The van der Waals surface area contributed by atoms with Gasteiger partial charge in [-0.15, -0.1) is 0 Å². The molecule has 9 heteroatoms. The molecule has 0 atom stereocenters. The fraction of sp³-hybridized carbons (Fsp3) is 0.414. The van der Waals surface area contributed by atoms with Crippen LogP contribution in [-0.4, -0.2) is 86.7 Å². The van der Waals surface area contributed by atoms with Gasteiger partial charge in [0.2, 0.25) is 5.88 Å². The van der Waals surface area contributed by atoms with Gasteiger partial charge in [-0.2, -0.15) is 0 Å². The molecule has 0 N–H and O–H groups in total. The lowest BCUT2D eigenvalue weighted by molar-refractivity contribution is 0.0520. The van der Waals surface area contributed by atoms with Crippen LogP contribution in [0.3, 0.4) is 0 Å². The average Bonchev–Trinajstić information content (AvgIpc) is 2.90. The van der Waals surface area contributed by atoms with E-state index in [9.17, 15) is 9.59 Å². The van der Waals surface area contributed by atoms with Gasteiger partial charge in [-0.25, -0.2) is 9.78 Å². The summed E-state index contributed by atoms with van der Waals surface area (Å²) in [6.07, 6.45) is 0.795. The Morgan fingerprint density at radius 1 is 1.05 bits per heavy atom. The van der Waals surface area contributed by atoms with Gasteiger partial charge < -0.3 is 24.2 Å². The molecule has 0 aliphatic carbocycles. The van der Waals surface area contributed by atoms with Gasteiger partial charge in [0, 0.05) is 48.7 Å². The topological polar surface area (TPSA) is 75.2 Å². The Morgan fingerprint density at radius 2 is 1.76 bits per heavy atom. The second kappa shape index (κ2) is 12.5. The molecule has 1 amide bonds. The van der Waals surface area contributed by atoms with E-state index in [4.69, 9.17) is 26.1 Å². The molecule has 1 aliphatic rings. The van der Waals surface area contributed by atoms with Crippen molar-refractivity contribution in [2.24, 2.45) is 0 Å². The monoisotopic (exact) mass is 538 g/mol. The van der Waals surface area contributed by atoms with E-state index in [0.717, 1.165) is 35.1 Å². The van der Waals surface area contributed by atoms with E-state index in [1.807, 2.05) is 44.1 Å². The summed E-state index contributed by atoms with van der Waals surface area (Å²) in [4.78, 5) is 37.2. The number of aromatic nitrogens is 1. The van der Waals surface area contributed by atoms with E-state index in [1.165, 1.54) is 0 Å². The third-order valence-corrected chi connectivity index (χ3v) is 6.77. The zero-order valence-electron chi connectivity index (χ0n) is 22.5. The number of hydrogen-bond donors (Lipinski definition) is 0. The highest BCUT2D eigenvalue weighted by Crippen LogP contribution is 2.37. The van der Waals surface area contributed by atoms with Gasteiger partial charge in [-0.05, 0) is 70.8 Å². The number of aryl methyl sites for hydroxylation is 1. The Bertz CT molecular complexity index is 1290. The third-order valence-electron chi connectivity index (χ3n) is 6.52. The van der Waals surface area contributed by atoms with E-state index in [1.54, 1.807) is 31.2 Å². The van der Waals surface area contributed by atoms with Crippen LogP contribution < -0.4 is 9.64 Å². The van der Waals surface area contributed by atoms with Crippen LogP contribution in [-0.2, 0) is 4.74 Å². The smallest absolute Gasteiger partial charge is 0.345 e. The summed E-state index contributed by atoms with van der Waals surface area (Å²) in [7, 11) is 4.02. The Kier molecular flexibility index (Phi) is 9.07. The number of carbonyl (C=O) groups excluding carboxylic acids is 2. The highest BCUT2D eigenvalue weighted by atomic mass is 35.5. The number of piperazine rings is 1. The third kappa shape index (κ3) is 6.37. The van der Waals surface area contributed by atoms with Crippen molar-refractivity contribution in [3.8, 4) is 5.88 Å². The van der Waals surface area contributed by atoms with Crippen molar-refractivity contribution in [2.75, 3.05) is 64.9 Å². The molecule has 1 saturated heterocycles. The van der Waals surface area contributed by atoms with Crippen molar-refractivity contribution in [3.05, 3.63) is 64.2 Å². The molecule has 2 heterocycles. The maximum absolute atomic E-state index is 13.3. The zero-order valence-corrected chi connectivity index (χ0v) is 23.3. The largest absolute Gasteiger partial charge is 0.477 e. The first-order chi connectivity index (χ1) is 18.3. The molecule has 8 nitrogen and oxygen atoms in total. The van der Waals surface area contributed by atoms with Crippen LogP contribution in [0.2, 0.25) is 5.02 Å². The number of carbonyl (C=O) groups is 2. The first-order valence-corrected chi connectivity index (χ1v) is 13.3. The van der Waals surface area contributed by atoms with Gasteiger partial charge in [-0.3, -0.25) is 4.79 Å². The maximum atomic E-state index is 13.3.